The van der Waals surface area contributed by atoms with Gasteiger partial charge in [-0.2, -0.15) is 0 Å². The smallest absolute Gasteiger partial charge is 0.136 e. The number of Topliss-reactive ketones (excluding diaryl/α,β-unsaturated/α-hetero) is 2. The van der Waals surface area contributed by atoms with Gasteiger partial charge in [-0.1, -0.05) is 64.2 Å². The Bertz CT molecular complexity index is 537. The van der Waals surface area contributed by atoms with Gasteiger partial charge in [0.15, 0.2) is 0 Å². The van der Waals surface area contributed by atoms with Crippen LogP contribution in [0.5, 0.6) is 0 Å². The van der Waals surface area contributed by atoms with Crippen LogP contribution in [0.2, 0.25) is 0 Å². The summed E-state index contributed by atoms with van der Waals surface area (Å²) >= 11 is 0. The fourth-order valence-electron chi connectivity index (χ4n) is 7.55. The molecule has 4 fully saturated rings. The Labute approximate surface area is 179 Å². The van der Waals surface area contributed by atoms with Gasteiger partial charge in [0.05, 0.1) is 0 Å². The molecular formula is C27H44O2. The van der Waals surface area contributed by atoms with Crippen molar-refractivity contribution in [1.29, 1.82) is 0 Å². The summed E-state index contributed by atoms with van der Waals surface area (Å²) in [5.41, 5.74) is 0. The first-order valence-electron chi connectivity index (χ1n) is 13.3. The summed E-state index contributed by atoms with van der Waals surface area (Å²) in [6.45, 7) is 0. The first-order chi connectivity index (χ1) is 14.2. The second-order valence-electron chi connectivity index (χ2n) is 11.1. The zero-order chi connectivity index (χ0) is 20.1. The number of carbonyl (C=O) groups excluding carboxylic acids is 2. The van der Waals surface area contributed by atoms with Crippen molar-refractivity contribution in [3.63, 3.8) is 0 Å². The van der Waals surface area contributed by atoms with Crippen molar-refractivity contribution in [2.24, 2.45) is 35.5 Å². The van der Waals surface area contributed by atoms with Crippen molar-refractivity contribution in [3.05, 3.63) is 0 Å². The molecule has 0 aromatic rings. The fraction of sp³-hybridized carbons (Fsp3) is 0.926. The molecule has 0 amide bonds. The molecule has 2 heteroatoms. The molecule has 0 bridgehead atoms. The van der Waals surface area contributed by atoms with E-state index >= 15 is 0 Å². The monoisotopic (exact) mass is 400 g/mol. The Morgan fingerprint density at radius 2 is 0.759 bits per heavy atom. The first-order valence-corrected chi connectivity index (χ1v) is 13.3. The standard InChI is InChI=1S/C27H44O2/c28-26(24-11-5-10-20-6-1-2-7-21(20)12-15-24)18-19-27(29)25-16-13-22-8-3-4-9-23(22)14-17-25/h20-25H,1-19H2. The van der Waals surface area contributed by atoms with Crippen LogP contribution in [-0.4, -0.2) is 11.6 Å². The van der Waals surface area contributed by atoms with Crippen LogP contribution in [-0.2, 0) is 9.59 Å². The Morgan fingerprint density at radius 1 is 0.414 bits per heavy atom. The lowest BCUT2D eigenvalue weighted by atomic mass is 9.71. The van der Waals surface area contributed by atoms with E-state index in [9.17, 15) is 9.59 Å². The molecule has 4 saturated carbocycles. The number of fused-ring (bicyclic) bond motifs is 2. The SMILES string of the molecule is O=C(CCC(=O)C1CCC2CCCCC2CC1)C1CCCC2CCCCC2CC1. The highest BCUT2D eigenvalue weighted by Gasteiger charge is 2.33. The van der Waals surface area contributed by atoms with E-state index in [1.165, 1.54) is 83.5 Å². The van der Waals surface area contributed by atoms with Crippen molar-refractivity contribution in [1.82, 2.24) is 0 Å². The number of hydrogen-bond donors (Lipinski definition) is 0. The van der Waals surface area contributed by atoms with E-state index in [0.717, 1.165) is 49.4 Å². The van der Waals surface area contributed by atoms with Crippen molar-refractivity contribution in [3.8, 4) is 0 Å². The molecular weight excluding hydrogens is 356 g/mol. The molecule has 5 unspecified atom stereocenters. The van der Waals surface area contributed by atoms with Crippen LogP contribution in [0.15, 0.2) is 0 Å². The van der Waals surface area contributed by atoms with Crippen LogP contribution < -0.4 is 0 Å². The predicted molar refractivity (Wildman–Crippen MR) is 119 cm³/mol. The van der Waals surface area contributed by atoms with Gasteiger partial charge in [-0.15, -0.1) is 0 Å². The van der Waals surface area contributed by atoms with E-state index in [0.29, 0.717) is 24.4 Å². The van der Waals surface area contributed by atoms with Gasteiger partial charge >= 0.3 is 0 Å². The maximum atomic E-state index is 12.9. The predicted octanol–water partition coefficient (Wildman–Crippen LogP) is 7.29. The van der Waals surface area contributed by atoms with Crippen LogP contribution in [0.3, 0.4) is 0 Å². The summed E-state index contributed by atoms with van der Waals surface area (Å²) in [7, 11) is 0. The molecule has 4 rings (SSSR count). The van der Waals surface area contributed by atoms with E-state index < -0.39 is 0 Å². The minimum atomic E-state index is 0.252. The van der Waals surface area contributed by atoms with Crippen molar-refractivity contribution >= 4 is 11.6 Å². The highest BCUT2D eigenvalue weighted by atomic mass is 16.1. The number of hydrogen-bond acceptors (Lipinski definition) is 2. The molecule has 0 aliphatic heterocycles. The summed E-state index contributed by atoms with van der Waals surface area (Å²) in [6, 6.07) is 0. The fourth-order valence-corrected chi connectivity index (χ4v) is 7.55. The number of ketones is 2. The lowest BCUT2D eigenvalue weighted by Gasteiger charge is -2.35. The molecule has 0 radical (unpaired) electrons. The molecule has 0 aromatic heterocycles. The number of carbonyl (C=O) groups is 2. The van der Waals surface area contributed by atoms with Crippen LogP contribution in [0.4, 0.5) is 0 Å². The Hall–Kier alpha value is -0.660. The summed E-state index contributed by atoms with van der Waals surface area (Å²) in [4.78, 5) is 25.8. The quantitative estimate of drug-likeness (QED) is 0.485. The topological polar surface area (TPSA) is 34.1 Å². The van der Waals surface area contributed by atoms with E-state index in [1.54, 1.807) is 0 Å². The van der Waals surface area contributed by atoms with Gasteiger partial charge in [0.25, 0.3) is 0 Å². The van der Waals surface area contributed by atoms with Gasteiger partial charge in [-0.05, 0) is 68.6 Å². The van der Waals surface area contributed by atoms with Gasteiger partial charge in [0, 0.05) is 24.7 Å². The van der Waals surface area contributed by atoms with Gasteiger partial charge in [-0.3, -0.25) is 9.59 Å². The van der Waals surface area contributed by atoms with Crippen LogP contribution in [0.1, 0.15) is 122 Å². The lowest BCUT2D eigenvalue weighted by molar-refractivity contribution is -0.128. The molecule has 29 heavy (non-hydrogen) atoms. The molecule has 0 aromatic carbocycles. The molecule has 5 atom stereocenters. The van der Waals surface area contributed by atoms with E-state index in [1.807, 2.05) is 0 Å². The second kappa shape index (κ2) is 10.6. The third-order valence-electron chi connectivity index (χ3n) is 9.45. The van der Waals surface area contributed by atoms with Crippen molar-refractivity contribution < 1.29 is 9.59 Å². The average molecular weight is 401 g/mol. The largest absolute Gasteiger partial charge is 0.299 e. The third kappa shape index (κ3) is 5.73. The molecule has 4 aliphatic carbocycles. The van der Waals surface area contributed by atoms with Gasteiger partial charge in [0.2, 0.25) is 0 Å². The van der Waals surface area contributed by atoms with Gasteiger partial charge < -0.3 is 0 Å². The highest BCUT2D eigenvalue weighted by molar-refractivity contribution is 5.88. The van der Waals surface area contributed by atoms with Crippen LogP contribution in [0.25, 0.3) is 0 Å². The summed E-state index contributed by atoms with van der Waals surface area (Å²) < 4.78 is 0. The maximum absolute atomic E-state index is 12.9. The molecule has 0 spiro atoms. The zero-order valence-electron chi connectivity index (χ0n) is 18.7. The van der Waals surface area contributed by atoms with Crippen LogP contribution >= 0.6 is 0 Å². The summed E-state index contributed by atoms with van der Waals surface area (Å²) in [5.74, 6) is 4.95. The average Bonchev–Trinajstić information content (AvgIpc) is 2.95. The highest BCUT2D eigenvalue weighted by Crippen LogP contribution is 2.42. The normalized spacial score (nSPS) is 38.6. The minimum absolute atomic E-state index is 0.252. The molecule has 0 heterocycles. The van der Waals surface area contributed by atoms with Crippen molar-refractivity contribution in [2.75, 3.05) is 0 Å². The number of rotatable bonds is 5. The molecule has 2 nitrogen and oxygen atoms in total. The van der Waals surface area contributed by atoms with Crippen molar-refractivity contribution in [2.45, 2.75) is 122 Å². The summed E-state index contributed by atoms with van der Waals surface area (Å²) in [5, 5.41) is 0. The minimum Gasteiger partial charge on any atom is -0.299 e. The van der Waals surface area contributed by atoms with E-state index in [2.05, 4.69) is 0 Å². The third-order valence-corrected chi connectivity index (χ3v) is 9.45. The molecule has 4 aliphatic rings. The zero-order valence-corrected chi connectivity index (χ0v) is 18.7. The van der Waals surface area contributed by atoms with Gasteiger partial charge in [0.1, 0.15) is 11.6 Å². The van der Waals surface area contributed by atoms with Crippen LogP contribution in [0, 0.1) is 35.5 Å². The maximum Gasteiger partial charge on any atom is 0.136 e. The summed E-state index contributed by atoms with van der Waals surface area (Å²) in [6.07, 6.45) is 23.1. The molecule has 164 valence electrons. The Morgan fingerprint density at radius 3 is 1.21 bits per heavy atom. The second-order valence-corrected chi connectivity index (χ2v) is 11.1. The van der Waals surface area contributed by atoms with E-state index in [-0.39, 0.29) is 11.8 Å². The van der Waals surface area contributed by atoms with E-state index in [4.69, 9.17) is 0 Å². The molecule has 0 saturated heterocycles. The Balaban J connectivity index is 1.22. The Kier molecular flexibility index (Phi) is 7.87. The molecule has 0 N–H and O–H groups in total. The lowest BCUT2D eigenvalue weighted by Crippen LogP contribution is -2.26. The first kappa shape index (κ1) is 21.6. The van der Waals surface area contributed by atoms with Gasteiger partial charge in [-0.25, -0.2) is 0 Å².